The Kier molecular flexibility index (Phi) is 5.51. The number of hydrogen-bond acceptors (Lipinski definition) is 3. The average molecular weight is 344 g/mol. The molecule has 0 aliphatic heterocycles. The molecule has 1 heterocycles. The molecule has 0 spiro atoms. The second-order valence-electron chi connectivity index (χ2n) is 4.61. The van der Waals surface area contributed by atoms with Crippen LogP contribution in [0, 0.1) is 0 Å². The molecule has 2 rings (SSSR count). The van der Waals surface area contributed by atoms with E-state index in [0.29, 0.717) is 17.3 Å². The van der Waals surface area contributed by atoms with Crippen molar-refractivity contribution in [2.75, 3.05) is 7.05 Å². The summed E-state index contributed by atoms with van der Waals surface area (Å²) in [6.45, 7) is 2.25. The van der Waals surface area contributed by atoms with Crippen molar-refractivity contribution in [2.24, 2.45) is 0 Å². The summed E-state index contributed by atoms with van der Waals surface area (Å²) in [6, 6.07) is 10.7. The van der Waals surface area contributed by atoms with Crippen LogP contribution in [-0.2, 0) is 11.3 Å². The Bertz CT molecular complexity index is 612. The lowest BCUT2D eigenvalue weighted by molar-refractivity contribution is -0.137. The van der Waals surface area contributed by atoms with E-state index in [2.05, 4.69) is 0 Å². The van der Waals surface area contributed by atoms with Gasteiger partial charge in [0.05, 0.1) is 10.9 Å². The third-order valence-electron chi connectivity index (χ3n) is 2.87. The molecule has 6 heteroatoms. The molecule has 0 saturated carbocycles. The van der Waals surface area contributed by atoms with Crippen LogP contribution in [0.4, 0.5) is 0 Å². The predicted molar refractivity (Wildman–Crippen MR) is 87.3 cm³/mol. The number of carbonyl (C=O) groups is 1. The number of rotatable bonds is 5. The monoisotopic (exact) mass is 343 g/mol. The van der Waals surface area contributed by atoms with Crippen molar-refractivity contribution in [1.82, 2.24) is 4.90 Å². The Balaban J connectivity index is 1.93. The van der Waals surface area contributed by atoms with Crippen molar-refractivity contribution >= 4 is 40.4 Å². The van der Waals surface area contributed by atoms with Crippen LogP contribution in [0.1, 0.15) is 11.8 Å². The highest BCUT2D eigenvalue weighted by Crippen LogP contribution is 2.23. The summed E-state index contributed by atoms with van der Waals surface area (Å²) in [5.74, 6) is 0.530. The Morgan fingerprint density at radius 1 is 1.24 bits per heavy atom. The quantitative estimate of drug-likeness (QED) is 0.800. The number of thiophene rings is 1. The van der Waals surface area contributed by atoms with Gasteiger partial charge in [-0.25, -0.2) is 0 Å². The molecule has 0 aliphatic carbocycles. The van der Waals surface area contributed by atoms with E-state index in [1.54, 1.807) is 43.1 Å². The number of carbonyl (C=O) groups excluding carboxylic acids is 1. The fourth-order valence-electron chi connectivity index (χ4n) is 1.83. The van der Waals surface area contributed by atoms with Crippen LogP contribution in [0.15, 0.2) is 36.4 Å². The van der Waals surface area contributed by atoms with E-state index in [1.165, 1.54) is 11.3 Å². The fourth-order valence-corrected chi connectivity index (χ4v) is 3.09. The van der Waals surface area contributed by atoms with Gasteiger partial charge < -0.3 is 9.64 Å². The van der Waals surface area contributed by atoms with Crippen molar-refractivity contribution in [2.45, 2.75) is 19.6 Å². The molecule has 1 aromatic heterocycles. The number of benzene rings is 1. The highest BCUT2D eigenvalue weighted by atomic mass is 35.5. The maximum absolute atomic E-state index is 12.3. The lowest BCUT2D eigenvalue weighted by Gasteiger charge is -2.21. The van der Waals surface area contributed by atoms with Gasteiger partial charge in [0.15, 0.2) is 6.10 Å². The minimum absolute atomic E-state index is 0.0885. The van der Waals surface area contributed by atoms with Gasteiger partial charge in [-0.05, 0) is 43.3 Å². The molecular formula is C15H15Cl2NO2S. The fraction of sp³-hybridized carbons (Fsp3) is 0.267. The molecule has 1 amide bonds. The molecule has 0 N–H and O–H groups in total. The van der Waals surface area contributed by atoms with Gasteiger partial charge in [0, 0.05) is 16.9 Å². The van der Waals surface area contributed by atoms with E-state index in [1.807, 2.05) is 12.1 Å². The number of halogens is 2. The average Bonchev–Trinajstić information content (AvgIpc) is 2.85. The zero-order chi connectivity index (χ0) is 15.4. The maximum atomic E-state index is 12.3. The van der Waals surface area contributed by atoms with Gasteiger partial charge in [0.1, 0.15) is 5.75 Å². The third-order valence-corrected chi connectivity index (χ3v) is 4.34. The van der Waals surface area contributed by atoms with Gasteiger partial charge in [-0.1, -0.05) is 23.2 Å². The van der Waals surface area contributed by atoms with Gasteiger partial charge in [-0.15, -0.1) is 11.3 Å². The standard InChI is InChI=1S/C15H15Cl2NO2S/c1-10(20-12-5-3-11(16)4-6-12)15(19)18(2)9-13-7-8-14(17)21-13/h3-8,10H,9H2,1-2H3. The van der Waals surface area contributed by atoms with Gasteiger partial charge in [-0.2, -0.15) is 0 Å². The summed E-state index contributed by atoms with van der Waals surface area (Å²) in [5.41, 5.74) is 0. The Morgan fingerprint density at radius 2 is 1.90 bits per heavy atom. The maximum Gasteiger partial charge on any atom is 0.263 e. The van der Waals surface area contributed by atoms with Crippen LogP contribution in [0.25, 0.3) is 0 Å². The number of hydrogen-bond donors (Lipinski definition) is 0. The lowest BCUT2D eigenvalue weighted by atomic mass is 10.3. The molecule has 3 nitrogen and oxygen atoms in total. The van der Waals surface area contributed by atoms with Crippen LogP contribution < -0.4 is 4.74 Å². The van der Waals surface area contributed by atoms with Crippen molar-refractivity contribution in [3.63, 3.8) is 0 Å². The van der Waals surface area contributed by atoms with Crippen LogP contribution in [-0.4, -0.2) is 24.0 Å². The second-order valence-corrected chi connectivity index (χ2v) is 6.85. The summed E-state index contributed by atoms with van der Waals surface area (Å²) >= 11 is 13.2. The van der Waals surface area contributed by atoms with Gasteiger partial charge in [-0.3, -0.25) is 4.79 Å². The summed E-state index contributed by atoms with van der Waals surface area (Å²) in [7, 11) is 1.75. The first-order valence-electron chi connectivity index (χ1n) is 6.37. The zero-order valence-electron chi connectivity index (χ0n) is 11.7. The first-order valence-corrected chi connectivity index (χ1v) is 7.94. The highest BCUT2D eigenvalue weighted by Gasteiger charge is 2.19. The normalized spacial score (nSPS) is 12.0. The van der Waals surface area contributed by atoms with Gasteiger partial charge in [0.2, 0.25) is 0 Å². The van der Waals surface area contributed by atoms with E-state index < -0.39 is 6.10 Å². The molecule has 0 fully saturated rings. The largest absolute Gasteiger partial charge is 0.481 e. The Hall–Kier alpha value is -1.23. The zero-order valence-corrected chi connectivity index (χ0v) is 14.0. The highest BCUT2D eigenvalue weighted by molar-refractivity contribution is 7.16. The van der Waals surface area contributed by atoms with E-state index in [9.17, 15) is 4.79 Å². The van der Waals surface area contributed by atoms with Crippen LogP contribution >= 0.6 is 34.5 Å². The van der Waals surface area contributed by atoms with E-state index >= 15 is 0 Å². The van der Waals surface area contributed by atoms with Crippen molar-refractivity contribution in [3.05, 3.63) is 50.6 Å². The summed E-state index contributed by atoms with van der Waals surface area (Å²) in [5, 5.41) is 0.632. The molecule has 0 bridgehead atoms. The Labute approximate surface area is 138 Å². The van der Waals surface area contributed by atoms with E-state index in [4.69, 9.17) is 27.9 Å². The van der Waals surface area contributed by atoms with Crippen LogP contribution in [0.3, 0.4) is 0 Å². The summed E-state index contributed by atoms with van der Waals surface area (Å²) in [4.78, 5) is 14.9. The summed E-state index contributed by atoms with van der Waals surface area (Å²) in [6.07, 6.45) is -0.563. The molecule has 1 unspecified atom stereocenters. The molecule has 0 radical (unpaired) electrons. The van der Waals surface area contributed by atoms with Crippen molar-refractivity contribution in [1.29, 1.82) is 0 Å². The topological polar surface area (TPSA) is 29.5 Å². The number of amides is 1. The first-order chi connectivity index (χ1) is 9.95. The van der Waals surface area contributed by atoms with E-state index in [-0.39, 0.29) is 5.91 Å². The third kappa shape index (κ3) is 4.63. The minimum atomic E-state index is -0.563. The lowest BCUT2D eigenvalue weighted by Crippen LogP contribution is -2.37. The molecule has 1 atom stereocenters. The number of ether oxygens (including phenoxy) is 1. The first kappa shape index (κ1) is 16.1. The molecule has 1 aromatic carbocycles. The molecule has 0 saturated heterocycles. The Morgan fingerprint density at radius 3 is 2.48 bits per heavy atom. The molecule has 0 aliphatic rings. The smallest absolute Gasteiger partial charge is 0.263 e. The molecule has 112 valence electrons. The number of nitrogens with zero attached hydrogens (tertiary/aromatic N) is 1. The van der Waals surface area contributed by atoms with Crippen molar-refractivity contribution in [3.8, 4) is 5.75 Å². The predicted octanol–water partition coefficient (Wildman–Crippen LogP) is 4.48. The number of likely N-dealkylation sites (N-methyl/N-ethyl adjacent to an activating group) is 1. The molecule has 2 aromatic rings. The van der Waals surface area contributed by atoms with Crippen LogP contribution in [0.5, 0.6) is 5.75 Å². The van der Waals surface area contributed by atoms with Crippen molar-refractivity contribution < 1.29 is 9.53 Å². The van der Waals surface area contributed by atoms with Crippen LogP contribution in [0.2, 0.25) is 9.36 Å². The van der Waals surface area contributed by atoms with E-state index in [0.717, 1.165) is 9.21 Å². The van der Waals surface area contributed by atoms with Gasteiger partial charge >= 0.3 is 0 Å². The SMILES string of the molecule is CC(Oc1ccc(Cl)cc1)C(=O)N(C)Cc1ccc(Cl)s1. The molecule has 21 heavy (non-hydrogen) atoms. The summed E-state index contributed by atoms with van der Waals surface area (Å²) < 4.78 is 6.34. The van der Waals surface area contributed by atoms with Gasteiger partial charge in [0.25, 0.3) is 5.91 Å². The molecular weight excluding hydrogens is 329 g/mol. The second kappa shape index (κ2) is 7.16. The minimum Gasteiger partial charge on any atom is -0.481 e.